The minimum Gasteiger partial charge on any atom is -0.491 e. The van der Waals surface area contributed by atoms with Crippen LogP contribution in [0.1, 0.15) is 11.1 Å². The monoisotopic (exact) mass is 328 g/mol. The number of hydrogen-bond acceptors (Lipinski definition) is 5. The molecule has 0 radical (unpaired) electrons. The van der Waals surface area contributed by atoms with Crippen LogP contribution in [-0.2, 0) is 4.74 Å². The summed E-state index contributed by atoms with van der Waals surface area (Å²) in [4.78, 5) is 0.956. The van der Waals surface area contributed by atoms with Crippen LogP contribution in [0.2, 0.25) is 0 Å². The number of hydrogen-bond donors (Lipinski definition) is 4. The van der Waals surface area contributed by atoms with Crippen LogP contribution in [0.15, 0.2) is 18.2 Å². The van der Waals surface area contributed by atoms with Crippen molar-refractivity contribution in [3.8, 4) is 5.75 Å². The number of quaternary nitrogens is 1. The third-order valence-corrected chi connectivity index (χ3v) is 3.74. The van der Waals surface area contributed by atoms with Gasteiger partial charge in [0.1, 0.15) is 38.1 Å². The van der Waals surface area contributed by atoms with Crippen LogP contribution >= 0.6 is 0 Å². The zero-order chi connectivity index (χ0) is 17.1. The number of rotatable bonds is 12. The predicted octanol–water partition coefficient (Wildman–Crippen LogP) is -1.07. The number of aryl methyl sites for hydroxylation is 2. The predicted molar refractivity (Wildman–Crippen MR) is 88.0 cm³/mol. The summed E-state index contributed by atoms with van der Waals surface area (Å²) in [6, 6.07) is 5.95. The normalized spacial score (nSPS) is 12.6. The van der Waals surface area contributed by atoms with Crippen molar-refractivity contribution >= 4 is 0 Å². The third-order valence-electron chi connectivity index (χ3n) is 3.74. The Kier molecular flexibility index (Phi) is 9.82. The van der Waals surface area contributed by atoms with Crippen LogP contribution < -0.4 is 9.64 Å². The van der Waals surface area contributed by atoms with E-state index < -0.39 is 6.10 Å². The molecule has 6 heteroatoms. The maximum atomic E-state index is 9.91. The first-order valence-electron chi connectivity index (χ1n) is 8.08. The number of aliphatic hydroxyl groups excluding tert-OH is 3. The highest BCUT2D eigenvalue weighted by atomic mass is 16.5. The lowest BCUT2D eigenvalue weighted by molar-refractivity contribution is -0.903. The second kappa shape index (κ2) is 11.4. The molecule has 0 bridgehead atoms. The van der Waals surface area contributed by atoms with Gasteiger partial charge in [0.25, 0.3) is 0 Å². The van der Waals surface area contributed by atoms with Gasteiger partial charge in [-0.05, 0) is 37.1 Å². The quantitative estimate of drug-likeness (QED) is 0.367. The fraction of sp³-hybridized carbons (Fsp3) is 0.647. The first-order valence-corrected chi connectivity index (χ1v) is 8.08. The molecule has 0 heterocycles. The SMILES string of the molecule is Cc1ccc(OCCOC[C@H](O)C[NH+](CCO)CCO)cc1C. The lowest BCUT2D eigenvalue weighted by Crippen LogP contribution is -3.14. The van der Waals surface area contributed by atoms with Crippen LogP contribution in [0, 0.1) is 13.8 Å². The van der Waals surface area contributed by atoms with Gasteiger partial charge in [0.05, 0.1) is 26.4 Å². The first-order chi connectivity index (χ1) is 11.1. The van der Waals surface area contributed by atoms with Crippen molar-refractivity contribution in [2.24, 2.45) is 0 Å². The Morgan fingerprint density at radius 2 is 1.74 bits per heavy atom. The van der Waals surface area contributed by atoms with Gasteiger partial charge in [-0.3, -0.25) is 0 Å². The Morgan fingerprint density at radius 3 is 2.35 bits per heavy atom. The molecule has 23 heavy (non-hydrogen) atoms. The van der Waals surface area contributed by atoms with Crippen molar-refractivity contribution in [3.63, 3.8) is 0 Å². The van der Waals surface area contributed by atoms with Gasteiger partial charge in [-0.1, -0.05) is 6.07 Å². The van der Waals surface area contributed by atoms with E-state index in [-0.39, 0.29) is 19.8 Å². The van der Waals surface area contributed by atoms with Gasteiger partial charge >= 0.3 is 0 Å². The van der Waals surface area contributed by atoms with E-state index in [1.165, 1.54) is 11.1 Å². The fourth-order valence-electron chi connectivity index (χ4n) is 2.28. The van der Waals surface area contributed by atoms with Crippen LogP contribution in [0.4, 0.5) is 0 Å². The van der Waals surface area contributed by atoms with E-state index in [0.717, 1.165) is 10.6 Å². The standard InChI is InChI=1S/C17H29NO5/c1-14-3-4-17(11-15(14)2)23-10-9-22-13-16(21)12-18(5-7-19)6-8-20/h3-4,11,16,19-21H,5-10,12-13H2,1-2H3/p+1/t16-/m1/s1. The lowest BCUT2D eigenvalue weighted by atomic mass is 10.1. The highest BCUT2D eigenvalue weighted by molar-refractivity contribution is 5.33. The third kappa shape index (κ3) is 8.29. The average molecular weight is 328 g/mol. The fourth-order valence-corrected chi connectivity index (χ4v) is 2.28. The molecule has 0 fully saturated rings. The van der Waals surface area contributed by atoms with E-state index in [0.29, 0.717) is 32.8 Å². The molecule has 0 aliphatic heterocycles. The molecule has 0 aliphatic carbocycles. The summed E-state index contributed by atoms with van der Waals surface area (Å²) in [5, 5.41) is 27.8. The van der Waals surface area contributed by atoms with Gasteiger partial charge < -0.3 is 29.7 Å². The highest BCUT2D eigenvalue weighted by Crippen LogP contribution is 2.16. The molecular formula is C17H30NO5+. The van der Waals surface area contributed by atoms with Gasteiger partial charge in [0, 0.05) is 0 Å². The topological polar surface area (TPSA) is 83.6 Å². The molecule has 0 saturated carbocycles. The molecule has 6 nitrogen and oxygen atoms in total. The number of benzene rings is 1. The van der Waals surface area contributed by atoms with Crippen molar-refractivity contribution < 1.29 is 29.7 Å². The van der Waals surface area contributed by atoms with Gasteiger partial charge in [-0.25, -0.2) is 0 Å². The van der Waals surface area contributed by atoms with Gasteiger partial charge in [0.15, 0.2) is 0 Å². The molecule has 1 aromatic rings. The second-order valence-electron chi connectivity index (χ2n) is 5.72. The van der Waals surface area contributed by atoms with Crippen molar-refractivity contribution in [2.45, 2.75) is 20.0 Å². The Bertz CT molecular complexity index is 435. The summed E-state index contributed by atoms with van der Waals surface area (Å²) in [6.07, 6.45) is -0.621. The molecule has 0 aliphatic rings. The van der Waals surface area contributed by atoms with Crippen LogP contribution in [0.3, 0.4) is 0 Å². The molecule has 1 rings (SSSR count). The number of nitrogens with one attached hydrogen (secondary N) is 1. The van der Waals surface area contributed by atoms with Crippen molar-refractivity contribution in [3.05, 3.63) is 29.3 Å². The summed E-state index contributed by atoms with van der Waals surface area (Å²) in [5.41, 5.74) is 2.42. The number of ether oxygens (including phenoxy) is 2. The van der Waals surface area contributed by atoms with E-state index in [2.05, 4.69) is 6.92 Å². The number of aliphatic hydroxyl groups is 3. The zero-order valence-corrected chi connectivity index (χ0v) is 14.1. The summed E-state index contributed by atoms with van der Waals surface area (Å²) in [5.74, 6) is 0.818. The molecule has 4 N–H and O–H groups in total. The molecule has 0 spiro atoms. The minimum absolute atomic E-state index is 0.0344. The zero-order valence-electron chi connectivity index (χ0n) is 14.1. The van der Waals surface area contributed by atoms with Crippen molar-refractivity contribution in [1.29, 1.82) is 0 Å². The lowest BCUT2D eigenvalue weighted by Gasteiger charge is -2.20. The van der Waals surface area contributed by atoms with Crippen LogP contribution in [0.5, 0.6) is 5.75 Å². The summed E-state index contributed by atoms with van der Waals surface area (Å²) >= 11 is 0. The van der Waals surface area contributed by atoms with E-state index in [1.54, 1.807) is 0 Å². The molecular weight excluding hydrogens is 298 g/mol. The molecule has 0 unspecified atom stereocenters. The molecule has 0 amide bonds. The molecule has 1 atom stereocenters. The largest absolute Gasteiger partial charge is 0.491 e. The van der Waals surface area contributed by atoms with Crippen LogP contribution in [-0.4, -0.2) is 74.1 Å². The van der Waals surface area contributed by atoms with E-state index in [4.69, 9.17) is 19.7 Å². The average Bonchev–Trinajstić information content (AvgIpc) is 2.51. The Balaban J connectivity index is 2.17. The maximum absolute atomic E-state index is 9.91. The Hall–Kier alpha value is -1.18. The van der Waals surface area contributed by atoms with Crippen molar-refractivity contribution in [2.75, 3.05) is 52.7 Å². The summed E-state index contributed by atoms with van der Waals surface area (Å²) in [6.45, 7) is 6.68. The molecule has 0 aromatic heterocycles. The van der Waals surface area contributed by atoms with Gasteiger partial charge in [-0.15, -0.1) is 0 Å². The maximum Gasteiger partial charge on any atom is 0.126 e. The summed E-state index contributed by atoms with van der Waals surface area (Å²) < 4.78 is 11.0. The Labute approximate surface area is 138 Å². The minimum atomic E-state index is -0.621. The highest BCUT2D eigenvalue weighted by Gasteiger charge is 2.14. The van der Waals surface area contributed by atoms with E-state index in [1.807, 2.05) is 25.1 Å². The first kappa shape index (κ1) is 19.9. The molecule has 132 valence electrons. The second-order valence-corrected chi connectivity index (χ2v) is 5.72. The van der Waals surface area contributed by atoms with Gasteiger partial charge in [0.2, 0.25) is 0 Å². The molecule has 0 saturated heterocycles. The van der Waals surface area contributed by atoms with Crippen LogP contribution in [0.25, 0.3) is 0 Å². The Morgan fingerprint density at radius 1 is 1.04 bits per heavy atom. The smallest absolute Gasteiger partial charge is 0.126 e. The summed E-state index contributed by atoms with van der Waals surface area (Å²) in [7, 11) is 0. The molecule has 1 aromatic carbocycles. The van der Waals surface area contributed by atoms with Crippen molar-refractivity contribution in [1.82, 2.24) is 0 Å². The van der Waals surface area contributed by atoms with E-state index in [9.17, 15) is 5.11 Å². The van der Waals surface area contributed by atoms with Gasteiger partial charge in [-0.2, -0.15) is 0 Å². The van der Waals surface area contributed by atoms with E-state index >= 15 is 0 Å².